The zero-order valence-corrected chi connectivity index (χ0v) is 13.2. The van der Waals surface area contributed by atoms with Crippen LogP contribution in [0, 0.1) is 0 Å². The molecule has 1 aliphatic rings. The lowest BCUT2D eigenvalue weighted by Gasteiger charge is -2.40. The van der Waals surface area contributed by atoms with Gasteiger partial charge in [-0.15, -0.1) is 0 Å². The van der Waals surface area contributed by atoms with Crippen LogP contribution in [-0.4, -0.2) is 44.8 Å². The number of nitrogens with one attached hydrogen (secondary N) is 1. The average molecular weight is 279 g/mol. The molecule has 20 heavy (non-hydrogen) atoms. The topological polar surface area (TPSA) is 46.0 Å². The van der Waals surface area contributed by atoms with Crippen molar-refractivity contribution >= 4 is 0 Å². The first kappa shape index (κ1) is 15.4. The van der Waals surface area contributed by atoms with Gasteiger partial charge in [-0.2, -0.15) is 5.10 Å². The molecule has 1 N–H and O–H groups in total. The van der Waals surface area contributed by atoms with E-state index in [1.54, 1.807) is 6.33 Å². The standard InChI is InChI=1S/C15H29N5/c1-4-7-13-10-19(14(6-3)9-16-13)11-15-17-12-18-20(15)8-5-2/h12-14,16H,4-11H2,1-3H3. The van der Waals surface area contributed by atoms with Crippen LogP contribution in [0.15, 0.2) is 6.33 Å². The Morgan fingerprint density at radius 2 is 2.15 bits per heavy atom. The van der Waals surface area contributed by atoms with Gasteiger partial charge in [0.25, 0.3) is 0 Å². The molecule has 2 rings (SSSR count). The lowest BCUT2D eigenvalue weighted by molar-refractivity contribution is 0.111. The smallest absolute Gasteiger partial charge is 0.141 e. The van der Waals surface area contributed by atoms with Crippen LogP contribution in [0.25, 0.3) is 0 Å². The molecule has 0 aliphatic carbocycles. The predicted octanol–water partition coefficient (Wildman–Crippen LogP) is 2.04. The highest BCUT2D eigenvalue weighted by Crippen LogP contribution is 2.16. The van der Waals surface area contributed by atoms with Gasteiger partial charge in [0.1, 0.15) is 12.2 Å². The lowest BCUT2D eigenvalue weighted by atomic mass is 10.0. The second kappa shape index (κ2) is 7.74. The Labute approximate surface area is 122 Å². The average Bonchev–Trinajstić information content (AvgIpc) is 2.87. The highest BCUT2D eigenvalue weighted by atomic mass is 15.4. The third kappa shape index (κ3) is 3.79. The van der Waals surface area contributed by atoms with E-state index in [1.807, 2.05) is 0 Å². The third-order valence-electron chi connectivity index (χ3n) is 4.20. The molecule has 0 amide bonds. The highest BCUT2D eigenvalue weighted by Gasteiger charge is 2.27. The van der Waals surface area contributed by atoms with Crippen molar-refractivity contribution in [3.8, 4) is 0 Å². The fourth-order valence-corrected chi connectivity index (χ4v) is 3.06. The number of rotatable bonds is 7. The Morgan fingerprint density at radius 3 is 2.85 bits per heavy atom. The predicted molar refractivity (Wildman–Crippen MR) is 81.5 cm³/mol. The summed E-state index contributed by atoms with van der Waals surface area (Å²) in [6, 6.07) is 1.25. The number of aryl methyl sites for hydroxylation is 1. The van der Waals surface area contributed by atoms with Crippen LogP contribution in [0.5, 0.6) is 0 Å². The number of hydrogen-bond acceptors (Lipinski definition) is 4. The van der Waals surface area contributed by atoms with Crippen molar-refractivity contribution in [3.63, 3.8) is 0 Å². The van der Waals surface area contributed by atoms with E-state index in [0.29, 0.717) is 12.1 Å². The first-order valence-electron chi connectivity index (χ1n) is 8.12. The van der Waals surface area contributed by atoms with E-state index >= 15 is 0 Å². The Kier molecular flexibility index (Phi) is 5.98. The monoisotopic (exact) mass is 279 g/mol. The van der Waals surface area contributed by atoms with E-state index < -0.39 is 0 Å². The fourth-order valence-electron chi connectivity index (χ4n) is 3.06. The largest absolute Gasteiger partial charge is 0.311 e. The molecule has 0 radical (unpaired) electrons. The minimum atomic E-state index is 0.620. The first-order valence-corrected chi connectivity index (χ1v) is 8.12. The SMILES string of the molecule is CCCC1CN(Cc2ncnn2CCC)C(CC)CN1. The van der Waals surface area contributed by atoms with Crippen molar-refractivity contribution in [2.75, 3.05) is 13.1 Å². The molecule has 2 atom stereocenters. The molecule has 0 saturated carbocycles. The van der Waals surface area contributed by atoms with Gasteiger partial charge in [0.15, 0.2) is 0 Å². The zero-order chi connectivity index (χ0) is 14.4. The maximum Gasteiger partial charge on any atom is 0.141 e. The summed E-state index contributed by atoms with van der Waals surface area (Å²) < 4.78 is 2.06. The Hall–Kier alpha value is -0.940. The molecule has 5 heteroatoms. The minimum Gasteiger partial charge on any atom is -0.311 e. The first-order chi connectivity index (χ1) is 9.78. The normalized spacial score (nSPS) is 24.1. The van der Waals surface area contributed by atoms with Crippen LogP contribution in [-0.2, 0) is 13.1 Å². The Morgan fingerprint density at radius 1 is 1.30 bits per heavy atom. The van der Waals surface area contributed by atoms with Crippen LogP contribution < -0.4 is 5.32 Å². The highest BCUT2D eigenvalue weighted by molar-refractivity contribution is 4.91. The maximum atomic E-state index is 4.46. The summed E-state index contributed by atoms with van der Waals surface area (Å²) in [5, 5.41) is 8.03. The molecule has 114 valence electrons. The summed E-state index contributed by atoms with van der Waals surface area (Å²) in [5.74, 6) is 1.11. The molecule has 1 saturated heterocycles. The molecule has 5 nitrogen and oxygen atoms in total. The van der Waals surface area contributed by atoms with Gasteiger partial charge in [0.2, 0.25) is 0 Å². The molecule has 0 bridgehead atoms. The molecule has 1 aliphatic heterocycles. The zero-order valence-electron chi connectivity index (χ0n) is 13.2. The van der Waals surface area contributed by atoms with Crippen molar-refractivity contribution in [2.24, 2.45) is 0 Å². The van der Waals surface area contributed by atoms with E-state index in [9.17, 15) is 0 Å². The third-order valence-corrected chi connectivity index (χ3v) is 4.20. The molecule has 1 aromatic heterocycles. The van der Waals surface area contributed by atoms with Gasteiger partial charge in [0, 0.05) is 31.7 Å². The maximum absolute atomic E-state index is 4.46. The van der Waals surface area contributed by atoms with Crippen molar-refractivity contribution in [1.29, 1.82) is 0 Å². The van der Waals surface area contributed by atoms with E-state index in [2.05, 4.69) is 45.8 Å². The summed E-state index contributed by atoms with van der Waals surface area (Å²) in [5.41, 5.74) is 0. The second-order valence-corrected chi connectivity index (χ2v) is 5.78. The van der Waals surface area contributed by atoms with Gasteiger partial charge in [-0.3, -0.25) is 4.90 Å². The Balaban J connectivity index is 2.01. The van der Waals surface area contributed by atoms with Gasteiger partial charge in [0.05, 0.1) is 6.54 Å². The van der Waals surface area contributed by atoms with Crippen LogP contribution in [0.2, 0.25) is 0 Å². The van der Waals surface area contributed by atoms with Gasteiger partial charge in [-0.25, -0.2) is 9.67 Å². The van der Waals surface area contributed by atoms with Crippen molar-refractivity contribution < 1.29 is 0 Å². The summed E-state index contributed by atoms with van der Waals surface area (Å²) in [7, 11) is 0. The molecule has 0 aromatic carbocycles. The van der Waals surface area contributed by atoms with E-state index in [-0.39, 0.29) is 0 Å². The molecular weight excluding hydrogens is 250 g/mol. The second-order valence-electron chi connectivity index (χ2n) is 5.78. The molecule has 0 spiro atoms. The van der Waals surface area contributed by atoms with Crippen molar-refractivity contribution in [3.05, 3.63) is 12.2 Å². The molecule has 1 fully saturated rings. The van der Waals surface area contributed by atoms with Crippen LogP contribution >= 0.6 is 0 Å². The van der Waals surface area contributed by atoms with Crippen molar-refractivity contribution in [1.82, 2.24) is 25.0 Å². The van der Waals surface area contributed by atoms with Crippen LogP contribution in [0.1, 0.15) is 52.3 Å². The molecule has 1 aromatic rings. The van der Waals surface area contributed by atoms with Crippen molar-refractivity contribution in [2.45, 2.75) is 71.6 Å². The summed E-state index contributed by atoms with van der Waals surface area (Å²) in [4.78, 5) is 7.05. The summed E-state index contributed by atoms with van der Waals surface area (Å²) in [6.45, 7) is 10.8. The summed E-state index contributed by atoms with van der Waals surface area (Å²) in [6.07, 6.45) is 6.49. The van der Waals surface area contributed by atoms with E-state index in [1.165, 1.54) is 19.3 Å². The van der Waals surface area contributed by atoms with Gasteiger partial charge < -0.3 is 5.32 Å². The minimum absolute atomic E-state index is 0.620. The number of hydrogen-bond donors (Lipinski definition) is 1. The van der Waals surface area contributed by atoms with Crippen LogP contribution in [0.3, 0.4) is 0 Å². The Bertz CT molecular complexity index is 389. The van der Waals surface area contributed by atoms with E-state index in [4.69, 9.17) is 0 Å². The molecule has 2 heterocycles. The number of nitrogens with zero attached hydrogens (tertiary/aromatic N) is 4. The number of aromatic nitrogens is 3. The quantitative estimate of drug-likeness (QED) is 0.829. The lowest BCUT2D eigenvalue weighted by Crippen LogP contribution is -2.55. The van der Waals surface area contributed by atoms with Gasteiger partial charge >= 0.3 is 0 Å². The fraction of sp³-hybridized carbons (Fsp3) is 0.867. The summed E-state index contributed by atoms with van der Waals surface area (Å²) >= 11 is 0. The van der Waals surface area contributed by atoms with Gasteiger partial charge in [-0.1, -0.05) is 27.2 Å². The number of piperazine rings is 1. The molecular formula is C15H29N5. The van der Waals surface area contributed by atoms with Crippen LogP contribution in [0.4, 0.5) is 0 Å². The van der Waals surface area contributed by atoms with Gasteiger partial charge in [-0.05, 0) is 19.3 Å². The van der Waals surface area contributed by atoms with E-state index in [0.717, 1.165) is 38.4 Å². The molecule has 2 unspecified atom stereocenters.